The monoisotopic (exact) mass is 434 g/mol. The molecule has 1 amide bonds. The second-order valence-electron chi connectivity index (χ2n) is 8.13. The van der Waals surface area contributed by atoms with E-state index in [1.165, 1.54) is 0 Å². The number of amides is 1. The molecule has 0 radical (unpaired) electrons. The van der Waals surface area contributed by atoms with Crippen LogP contribution in [0.4, 0.5) is 19.1 Å². The standard InChI is InChI=1S/C18H25F3N4O3S/c1-4-28-14-5-6-22-16(23-14)25-8-12-7-13(9-25)11-29(27,10-12)24-15(26)17(2,3)18(19,20)21/h5-6,12-13H,4,7-11H2,1-3H3. The maximum absolute atomic E-state index is 13.2. The number of alkyl halides is 3. The van der Waals surface area contributed by atoms with Gasteiger partial charge in [0.2, 0.25) is 11.8 Å². The molecule has 3 rings (SSSR count). The van der Waals surface area contributed by atoms with Crippen LogP contribution in [-0.4, -0.2) is 57.5 Å². The molecule has 0 aliphatic carbocycles. The van der Waals surface area contributed by atoms with Crippen molar-refractivity contribution in [2.75, 3.05) is 36.1 Å². The van der Waals surface area contributed by atoms with Gasteiger partial charge in [0.1, 0.15) is 5.41 Å². The average Bonchev–Trinajstić information content (AvgIpc) is 2.60. The van der Waals surface area contributed by atoms with Crippen molar-refractivity contribution in [3.63, 3.8) is 0 Å². The average molecular weight is 434 g/mol. The Balaban J connectivity index is 1.77. The van der Waals surface area contributed by atoms with Crippen LogP contribution < -0.4 is 9.64 Å². The lowest BCUT2D eigenvalue weighted by molar-refractivity contribution is -0.209. The molecule has 11 heteroatoms. The fourth-order valence-electron chi connectivity index (χ4n) is 3.70. The fraction of sp³-hybridized carbons (Fsp3) is 0.722. The Kier molecular flexibility index (Phi) is 5.81. The summed E-state index contributed by atoms with van der Waals surface area (Å²) in [6, 6.07) is 1.66. The Morgan fingerprint density at radius 1 is 1.31 bits per heavy atom. The third-order valence-corrected chi connectivity index (χ3v) is 7.78. The van der Waals surface area contributed by atoms with Gasteiger partial charge in [-0.1, -0.05) is 0 Å². The first kappa shape index (κ1) is 21.8. The van der Waals surface area contributed by atoms with Crippen molar-refractivity contribution in [3.05, 3.63) is 12.3 Å². The summed E-state index contributed by atoms with van der Waals surface area (Å²) in [5, 5.41) is 0. The molecule has 0 saturated carbocycles. The van der Waals surface area contributed by atoms with Crippen molar-refractivity contribution in [1.29, 1.82) is 0 Å². The van der Waals surface area contributed by atoms with E-state index in [0.29, 0.717) is 31.5 Å². The van der Waals surface area contributed by atoms with E-state index >= 15 is 0 Å². The largest absolute Gasteiger partial charge is 0.478 e. The van der Waals surface area contributed by atoms with E-state index in [9.17, 15) is 22.2 Å². The van der Waals surface area contributed by atoms with Gasteiger partial charge in [-0.15, -0.1) is 0 Å². The van der Waals surface area contributed by atoms with Crippen molar-refractivity contribution < 1.29 is 26.9 Å². The Morgan fingerprint density at radius 2 is 1.93 bits per heavy atom. The number of anilines is 1. The predicted molar refractivity (Wildman–Crippen MR) is 102 cm³/mol. The fourth-order valence-corrected chi connectivity index (χ4v) is 6.47. The highest BCUT2D eigenvalue weighted by atomic mass is 32.2. The number of ether oxygens (including phenoxy) is 1. The summed E-state index contributed by atoms with van der Waals surface area (Å²) in [6.07, 6.45) is -2.34. The van der Waals surface area contributed by atoms with Crippen molar-refractivity contribution in [2.45, 2.75) is 33.4 Å². The first-order valence-corrected chi connectivity index (χ1v) is 11.3. The van der Waals surface area contributed by atoms with Crippen molar-refractivity contribution >= 4 is 21.6 Å². The molecule has 162 valence electrons. The number of aromatic nitrogens is 2. The third-order valence-electron chi connectivity index (χ3n) is 5.30. The number of hydrogen-bond acceptors (Lipinski definition) is 6. The second kappa shape index (κ2) is 7.73. The van der Waals surface area contributed by atoms with Gasteiger partial charge in [0.25, 0.3) is 5.91 Å². The quantitative estimate of drug-likeness (QED) is 0.725. The van der Waals surface area contributed by atoms with Crippen molar-refractivity contribution in [1.82, 2.24) is 9.97 Å². The van der Waals surface area contributed by atoms with Crippen LogP contribution in [0.3, 0.4) is 0 Å². The molecular formula is C18H25F3N4O3S. The molecule has 2 fully saturated rings. The third kappa shape index (κ3) is 4.65. The Hall–Kier alpha value is -1.91. The molecule has 0 N–H and O–H groups in total. The van der Waals surface area contributed by atoms with Gasteiger partial charge in [-0.05, 0) is 39.0 Å². The maximum atomic E-state index is 13.2. The van der Waals surface area contributed by atoms with E-state index in [1.807, 2.05) is 11.8 Å². The van der Waals surface area contributed by atoms with Gasteiger partial charge in [-0.2, -0.15) is 22.5 Å². The molecule has 2 unspecified atom stereocenters. The van der Waals surface area contributed by atoms with Crippen LogP contribution >= 0.6 is 0 Å². The van der Waals surface area contributed by atoms with Gasteiger partial charge < -0.3 is 9.64 Å². The summed E-state index contributed by atoms with van der Waals surface area (Å²) in [6.45, 7) is 4.90. The molecule has 29 heavy (non-hydrogen) atoms. The number of fused-ring (bicyclic) bond motifs is 2. The summed E-state index contributed by atoms with van der Waals surface area (Å²) in [5.74, 6) is -0.299. The Labute approximate surface area is 168 Å². The van der Waals surface area contributed by atoms with Gasteiger partial charge in [0.05, 0.1) is 16.3 Å². The van der Waals surface area contributed by atoms with E-state index < -0.39 is 27.2 Å². The number of nitrogens with zero attached hydrogens (tertiary/aromatic N) is 4. The lowest BCUT2D eigenvalue weighted by atomic mass is 9.91. The number of halogens is 3. The molecule has 2 aliphatic rings. The molecule has 2 atom stereocenters. The van der Waals surface area contributed by atoms with Gasteiger partial charge >= 0.3 is 6.18 Å². The predicted octanol–water partition coefficient (Wildman–Crippen LogP) is 2.91. The molecule has 7 nitrogen and oxygen atoms in total. The highest BCUT2D eigenvalue weighted by molar-refractivity contribution is 7.93. The normalized spacial score (nSPS) is 27.4. The highest BCUT2D eigenvalue weighted by Gasteiger charge is 2.53. The van der Waals surface area contributed by atoms with E-state index in [2.05, 4.69) is 14.3 Å². The first-order valence-electron chi connectivity index (χ1n) is 9.48. The van der Waals surface area contributed by atoms with Crippen LogP contribution in [0.5, 0.6) is 5.88 Å². The van der Waals surface area contributed by atoms with E-state index in [0.717, 1.165) is 20.3 Å². The van der Waals surface area contributed by atoms with E-state index in [-0.39, 0.29) is 23.3 Å². The Bertz CT molecular complexity index is 877. The zero-order valence-corrected chi connectivity index (χ0v) is 17.4. The van der Waals surface area contributed by atoms with E-state index in [1.54, 1.807) is 12.3 Å². The molecule has 1 aromatic rings. The molecule has 1 aromatic heterocycles. The zero-order valence-electron chi connectivity index (χ0n) is 16.6. The smallest absolute Gasteiger partial charge is 0.402 e. The van der Waals surface area contributed by atoms with Crippen LogP contribution in [0.2, 0.25) is 0 Å². The van der Waals surface area contributed by atoms with Crippen LogP contribution in [0.15, 0.2) is 16.6 Å². The Morgan fingerprint density at radius 3 is 2.48 bits per heavy atom. The molecule has 0 spiro atoms. The lowest BCUT2D eigenvalue weighted by Crippen LogP contribution is -2.50. The minimum absolute atomic E-state index is 0.0556. The van der Waals surface area contributed by atoms with Gasteiger partial charge in [0.15, 0.2) is 0 Å². The van der Waals surface area contributed by atoms with Crippen molar-refractivity contribution in [3.8, 4) is 5.88 Å². The van der Waals surface area contributed by atoms with Gasteiger partial charge in [0, 0.05) is 36.9 Å². The molecule has 2 aliphatic heterocycles. The molecule has 2 bridgehead atoms. The summed E-state index contributed by atoms with van der Waals surface area (Å²) < 4.78 is 61.5. The number of hydrogen-bond donors (Lipinski definition) is 0. The topological polar surface area (TPSA) is 84.8 Å². The van der Waals surface area contributed by atoms with Crippen molar-refractivity contribution in [2.24, 2.45) is 21.6 Å². The summed E-state index contributed by atoms with van der Waals surface area (Å²) >= 11 is 0. The number of carbonyl (C=O) groups excluding carboxylic acids is 1. The lowest BCUT2D eigenvalue weighted by Gasteiger charge is -2.42. The zero-order chi connectivity index (χ0) is 21.4. The molecule has 0 aromatic carbocycles. The van der Waals surface area contributed by atoms with Gasteiger partial charge in [-0.25, -0.2) is 9.19 Å². The maximum Gasteiger partial charge on any atom is 0.402 e. The molecular weight excluding hydrogens is 409 g/mol. The minimum atomic E-state index is -4.74. The molecule has 3 heterocycles. The summed E-state index contributed by atoms with van der Waals surface area (Å²) in [5.41, 5.74) is -2.65. The number of carbonyl (C=O) groups is 1. The number of piperidine rings is 1. The van der Waals surface area contributed by atoms with Crippen LogP contribution in [0, 0.1) is 17.3 Å². The minimum Gasteiger partial charge on any atom is -0.478 e. The van der Waals surface area contributed by atoms with Crippen LogP contribution in [0.1, 0.15) is 27.2 Å². The summed E-state index contributed by atoms with van der Waals surface area (Å²) in [7, 11) is -3.03. The first-order chi connectivity index (χ1) is 13.4. The van der Waals surface area contributed by atoms with Crippen LogP contribution in [0.25, 0.3) is 0 Å². The second-order valence-corrected chi connectivity index (χ2v) is 10.5. The number of rotatable bonds is 4. The van der Waals surface area contributed by atoms with E-state index in [4.69, 9.17) is 4.74 Å². The molecule has 2 saturated heterocycles. The summed E-state index contributed by atoms with van der Waals surface area (Å²) in [4.78, 5) is 22.8. The van der Waals surface area contributed by atoms with Crippen LogP contribution in [-0.2, 0) is 14.5 Å². The SMILES string of the molecule is CCOc1ccnc(N2CC3CC(C2)CS(=O)(=NC(=O)C(C)(C)C(F)(F)F)C3)n1. The van der Waals surface area contributed by atoms with Gasteiger partial charge in [-0.3, -0.25) is 4.79 Å². The highest BCUT2D eigenvalue weighted by Crippen LogP contribution is 2.40.